The minimum absolute atomic E-state index is 0.0722. The molecule has 0 unspecified atom stereocenters. The summed E-state index contributed by atoms with van der Waals surface area (Å²) in [6, 6.07) is 3.60. The molecule has 0 atom stereocenters. The lowest BCUT2D eigenvalue weighted by Gasteiger charge is -2.25. The van der Waals surface area contributed by atoms with Crippen LogP contribution in [0, 0.1) is 0 Å². The Morgan fingerprint density at radius 3 is 2.39 bits per heavy atom. The molecule has 8 nitrogen and oxygen atoms in total. The first-order valence-corrected chi connectivity index (χ1v) is 8.29. The van der Waals surface area contributed by atoms with E-state index >= 15 is 0 Å². The van der Waals surface area contributed by atoms with Crippen LogP contribution >= 0.6 is 0 Å². The van der Waals surface area contributed by atoms with Gasteiger partial charge in [-0.2, -0.15) is 4.31 Å². The highest BCUT2D eigenvalue weighted by atomic mass is 32.2. The van der Waals surface area contributed by atoms with Gasteiger partial charge in [0.25, 0.3) is 0 Å². The smallest absolute Gasteiger partial charge is 0.243 e. The molecule has 0 aromatic heterocycles. The van der Waals surface area contributed by atoms with E-state index in [0.717, 1.165) is 4.31 Å². The second-order valence-corrected chi connectivity index (χ2v) is 7.04. The molecule has 0 heterocycles. The zero-order valence-electron chi connectivity index (χ0n) is 13.5. The van der Waals surface area contributed by atoms with Crippen LogP contribution < -0.4 is 15.8 Å². The van der Waals surface area contributed by atoms with E-state index in [4.69, 9.17) is 10.5 Å². The number of sulfonamides is 1. The Morgan fingerprint density at radius 1 is 1.35 bits per heavy atom. The number of methoxy groups -OCH3 is 1. The number of nitrogens with one attached hydrogen (secondary N) is 1. The maximum absolute atomic E-state index is 12.7. The number of hydrogen-bond donors (Lipinski definition) is 2. The number of amides is 2. The number of carbonyl (C=O) groups is 2. The Hall–Kier alpha value is -2.13. The van der Waals surface area contributed by atoms with Gasteiger partial charge in [-0.3, -0.25) is 9.59 Å². The third-order valence-electron chi connectivity index (χ3n) is 2.98. The van der Waals surface area contributed by atoms with Crippen LogP contribution in [0.15, 0.2) is 23.1 Å². The Kier molecular flexibility index (Phi) is 6.11. The van der Waals surface area contributed by atoms with Crippen LogP contribution in [0.4, 0.5) is 5.69 Å². The van der Waals surface area contributed by atoms with Crippen molar-refractivity contribution in [3.8, 4) is 5.75 Å². The number of ether oxygens (including phenoxy) is 1. The van der Waals surface area contributed by atoms with Gasteiger partial charge in [-0.1, -0.05) is 0 Å². The Balaban J connectivity index is 3.36. The maximum Gasteiger partial charge on any atom is 0.243 e. The van der Waals surface area contributed by atoms with Crippen molar-refractivity contribution in [2.45, 2.75) is 31.7 Å². The van der Waals surface area contributed by atoms with E-state index in [1.165, 1.54) is 32.2 Å². The van der Waals surface area contributed by atoms with Gasteiger partial charge in [0.05, 0.1) is 24.2 Å². The van der Waals surface area contributed by atoms with Crippen LogP contribution in [0.1, 0.15) is 20.8 Å². The minimum atomic E-state index is -3.95. The van der Waals surface area contributed by atoms with Gasteiger partial charge >= 0.3 is 0 Å². The highest BCUT2D eigenvalue weighted by Gasteiger charge is 2.29. The van der Waals surface area contributed by atoms with E-state index in [-0.39, 0.29) is 16.5 Å². The lowest BCUT2D eigenvalue weighted by atomic mass is 10.3. The van der Waals surface area contributed by atoms with Gasteiger partial charge in [0, 0.05) is 13.0 Å². The summed E-state index contributed by atoms with van der Waals surface area (Å²) in [4.78, 5) is 22.3. The molecular formula is C14H21N3O5S. The molecule has 0 radical (unpaired) electrons. The van der Waals surface area contributed by atoms with Gasteiger partial charge < -0.3 is 15.8 Å². The highest BCUT2D eigenvalue weighted by molar-refractivity contribution is 7.89. The van der Waals surface area contributed by atoms with E-state index < -0.39 is 28.5 Å². The number of anilines is 1. The Labute approximate surface area is 135 Å². The fourth-order valence-corrected chi connectivity index (χ4v) is 3.60. The Morgan fingerprint density at radius 2 is 1.96 bits per heavy atom. The summed E-state index contributed by atoms with van der Waals surface area (Å²) >= 11 is 0. The first kappa shape index (κ1) is 18.9. The summed E-state index contributed by atoms with van der Waals surface area (Å²) < 4.78 is 31.5. The monoisotopic (exact) mass is 343 g/mol. The fraction of sp³-hybridized carbons (Fsp3) is 0.429. The molecule has 0 aliphatic rings. The van der Waals surface area contributed by atoms with Crippen molar-refractivity contribution in [3.63, 3.8) is 0 Å². The van der Waals surface area contributed by atoms with Crippen molar-refractivity contribution in [1.29, 1.82) is 0 Å². The number of rotatable bonds is 7. The SMILES string of the molecule is COc1ccc(S(=O)(=O)N(CC(N)=O)C(C)C)cc1NC(C)=O. The maximum atomic E-state index is 12.7. The average Bonchev–Trinajstić information content (AvgIpc) is 2.43. The highest BCUT2D eigenvalue weighted by Crippen LogP contribution is 2.29. The predicted molar refractivity (Wildman–Crippen MR) is 85.5 cm³/mol. The van der Waals surface area contributed by atoms with Gasteiger partial charge in [-0.25, -0.2) is 8.42 Å². The van der Waals surface area contributed by atoms with E-state index in [1.54, 1.807) is 13.8 Å². The molecule has 0 saturated heterocycles. The molecule has 0 fully saturated rings. The van der Waals surface area contributed by atoms with Crippen LogP contribution in [0.25, 0.3) is 0 Å². The van der Waals surface area contributed by atoms with Crippen molar-refractivity contribution >= 4 is 27.5 Å². The number of nitrogens with two attached hydrogens (primary N) is 1. The molecule has 1 aromatic carbocycles. The molecular weight excluding hydrogens is 322 g/mol. The lowest BCUT2D eigenvalue weighted by Crippen LogP contribution is -2.42. The normalized spacial score (nSPS) is 11.6. The van der Waals surface area contributed by atoms with Gasteiger partial charge in [0.2, 0.25) is 21.8 Å². The van der Waals surface area contributed by atoms with Gasteiger partial charge in [-0.15, -0.1) is 0 Å². The molecule has 9 heteroatoms. The third-order valence-corrected chi connectivity index (χ3v) is 4.99. The fourth-order valence-electron chi connectivity index (χ4n) is 1.97. The van der Waals surface area contributed by atoms with Crippen LogP contribution in [-0.4, -0.2) is 44.2 Å². The van der Waals surface area contributed by atoms with E-state index in [9.17, 15) is 18.0 Å². The molecule has 1 aromatic rings. The molecule has 0 saturated carbocycles. The summed E-state index contributed by atoms with van der Waals surface area (Å²) in [7, 11) is -2.55. The zero-order chi connectivity index (χ0) is 17.8. The molecule has 0 aliphatic heterocycles. The predicted octanol–water partition coefficient (Wildman–Crippen LogP) is 0.538. The summed E-state index contributed by atoms with van der Waals surface area (Å²) in [5, 5.41) is 2.51. The molecule has 23 heavy (non-hydrogen) atoms. The second kappa shape index (κ2) is 7.42. The summed E-state index contributed by atoms with van der Waals surface area (Å²) in [5.74, 6) is -0.793. The molecule has 0 aliphatic carbocycles. The molecule has 0 spiro atoms. The molecule has 128 valence electrons. The van der Waals surface area contributed by atoms with Crippen LogP contribution in [0.2, 0.25) is 0 Å². The van der Waals surface area contributed by atoms with Crippen LogP contribution in [0.5, 0.6) is 5.75 Å². The molecule has 1 rings (SSSR count). The molecule has 0 bridgehead atoms. The quantitative estimate of drug-likeness (QED) is 0.749. The van der Waals surface area contributed by atoms with Gasteiger partial charge in [0.15, 0.2) is 0 Å². The van der Waals surface area contributed by atoms with Gasteiger partial charge in [0.1, 0.15) is 5.75 Å². The Bertz CT molecular complexity index is 700. The number of nitrogens with zero attached hydrogens (tertiary/aromatic N) is 1. The van der Waals surface area contributed by atoms with Crippen LogP contribution in [0.3, 0.4) is 0 Å². The van der Waals surface area contributed by atoms with E-state index in [0.29, 0.717) is 5.75 Å². The number of hydrogen-bond acceptors (Lipinski definition) is 5. The van der Waals surface area contributed by atoms with E-state index in [1.807, 2.05) is 0 Å². The number of benzene rings is 1. The average molecular weight is 343 g/mol. The van der Waals surface area contributed by atoms with E-state index in [2.05, 4.69) is 5.32 Å². The largest absolute Gasteiger partial charge is 0.495 e. The first-order chi connectivity index (χ1) is 10.6. The van der Waals surface area contributed by atoms with Gasteiger partial charge in [-0.05, 0) is 32.0 Å². The zero-order valence-corrected chi connectivity index (χ0v) is 14.3. The van der Waals surface area contributed by atoms with Crippen molar-refractivity contribution in [2.75, 3.05) is 19.0 Å². The number of carbonyl (C=O) groups excluding carboxylic acids is 2. The number of primary amides is 1. The lowest BCUT2D eigenvalue weighted by molar-refractivity contribution is -0.118. The van der Waals surface area contributed by atoms with Crippen molar-refractivity contribution in [1.82, 2.24) is 4.31 Å². The topological polar surface area (TPSA) is 119 Å². The third kappa shape index (κ3) is 4.67. The first-order valence-electron chi connectivity index (χ1n) is 6.85. The molecule has 2 amide bonds. The standard InChI is InChI=1S/C14H21N3O5S/c1-9(2)17(8-14(15)19)23(20,21)11-5-6-13(22-4)12(7-11)16-10(3)18/h5-7,9H,8H2,1-4H3,(H2,15,19)(H,16,18). The van der Waals surface area contributed by atoms with Crippen molar-refractivity contribution < 1.29 is 22.7 Å². The molecule has 3 N–H and O–H groups in total. The van der Waals surface area contributed by atoms with Crippen molar-refractivity contribution in [3.05, 3.63) is 18.2 Å². The summed E-state index contributed by atoms with van der Waals surface area (Å²) in [5.41, 5.74) is 5.35. The van der Waals surface area contributed by atoms with Crippen molar-refractivity contribution in [2.24, 2.45) is 5.73 Å². The summed E-state index contributed by atoms with van der Waals surface area (Å²) in [6.45, 7) is 4.15. The minimum Gasteiger partial charge on any atom is -0.495 e. The van der Waals surface area contributed by atoms with Crippen LogP contribution in [-0.2, 0) is 19.6 Å². The summed E-state index contributed by atoms with van der Waals surface area (Å²) in [6.07, 6.45) is 0. The second-order valence-electron chi connectivity index (χ2n) is 5.15.